The van der Waals surface area contributed by atoms with Gasteiger partial charge in [0.05, 0.1) is 15.8 Å². The molecular weight excluding hydrogens is 317 g/mol. The van der Waals surface area contributed by atoms with E-state index in [9.17, 15) is 4.79 Å². The van der Waals surface area contributed by atoms with Crippen molar-refractivity contribution in [3.05, 3.63) is 45.6 Å². The third kappa shape index (κ3) is 3.85. The van der Waals surface area contributed by atoms with Crippen LogP contribution in [0.2, 0.25) is 10.0 Å². The minimum Gasteiger partial charge on any atom is -0.384 e. The van der Waals surface area contributed by atoms with Crippen LogP contribution in [0.3, 0.4) is 0 Å². The molecule has 1 aromatic heterocycles. The molecule has 0 spiro atoms. The fourth-order valence-electron chi connectivity index (χ4n) is 1.51. The van der Waals surface area contributed by atoms with E-state index in [4.69, 9.17) is 28.9 Å². The number of carbonyl (C=O) groups excluding carboxylic acids is 1. The average molecular weight is 328 g/mol. The summed E-state index contributed by atoms with van der Waals surface area (Å²) in [5.74, 6) is 0.528. The number of hydrogen-bond acceptors (Lipinski definition) is 5. The molecule has 4 nitrogen and oxygen atoms in total. The second-order valence-corrected chi connectivity index (χ2v) is 5.81. The number of nitrogen functional groups attached to an aromatic ring is 1. The number of rotatable bonds is 4. The van der Waals surface area contributed by atoms with Crippen LogP contribution in [0, 0.1) is 6.92 Å². The Labute approximate surface area is 130 Å². The highest BCUT2D eigenvalue weighted by molar-refractivity contribution is 7.99. The lowest BCUT2D eigenvalue weighted by Crippen LogP contribution is -2.04. The molecule has 2 N–H and O–H groups in total. The predicted molar refractivity (Wildman–Crippen MR) is 82.7 cm³/mol. The van der Waals surface area contributed by atoms with Gasteiger partial charge in [-0.1, -0.05) is 35.0 Å². The van der Waals surface area contributed by atoms with Gasteiger partial charge in [-0.3, -0.25) is 4.79 Å². The van der Waals surface area contributed by atoms with Crippen LogP contribution in [0.15, 0.2) is 29.4 Å². The van der Waals surface area contributed by atoms with Gasteiger partial charge in [-0.05, 0) is 25.1 Å². The van der Waals surface area contributed by atoms with Crippen molar-refractivity contribution >= 4 is 46.6 Å². The molecule has 1 aromatic carbocycles. The van der Waals surface area contributed by atoms with Gasteiger partial charge in [0.2, 0.25) is 0 Å². The van der Waals surface area contributed by atoms with E-state index < -0.39 is 0 Å². The van der Waals surface area contributed by atoms with Gasteiger partial charge in [0, 0.05) is 17.3 Å². The van der Waals surface area contributed by atoms with Gasteiger partial charge in [-0.15, -0.1) is 0 Å². The summed E-state index contributed by atoms with van der Waals surface area (Å²) in [7, 11) is 0. The first kappa shape index (κ1) is 15.1. The van der Waals surface area contributed by atoms with Crippen LogP contribution >= 0.6 is 35.0 Å². The van der Waals surface area contributed by atoms with Crippen molar-refractivity contribution in [1.82, 2.24) is 9.97 Å². The van der Waals surface area contributed by atoms with Gasteiger partial charge < -0.3 is 5.73 Å². The van der Waals surface area contributed by atoms with Gasteiger partial charge in [-0.25, -0.2) is 9.97 Å². The largest absolute Gasteiger partial charge is 0.384 e. The summed E-state index contributed by atoms with van der Waals surface area (Å²) in [5.41, 5.74) is 6.90. The molecule has 2 rings (SSSR count). The van der Waals surface area contributed by atoms with E-state index in [1.807, 2.05) is 6.92 Å². The molecule has 7 heteroatoms. The van der Waals surface area contributed by atoms with Crippen molar-refractivity contribution in [3.8, 4) is 0 Å². The number of aryl methyl sites for hydroxylation is 1. The summed E-state index contributed by atoms with van der Waals surface area (Å²) in [4.78, 5) is 20.3. The van der Waals surface area contributed by atoms with E-state index >= 15 is 0 Å². The summed E-state index contributed by atoms with van der Waals surface area (Å²) in [6.45, 7) is 1.82. The number of nitrogens with two attached hydrogens (primary N) is 1. The predicted octanol–water partition coefficient (Wildman–Crippen LogP) is 3.65. The van der Waals surface area contributed by atoms with Crippen molar-refractivity contribution in [3.63, 3.8) is 0 Å². The summed E-state index contributed by atoms with van der Waals surface area (Å²) in [5, 5.41) is 1.26. The van der Waals surface area contributed by atoms with Gasteiger partial charge in [-0.2, -0.15) is 0 Å². The van der Waals surface area contributed by atoms with Crippen LogP contribution in [0.4, 0.5) is 5.82 Å². The number of benzene rings is 1. The molecule has 0 radical (unpaired) electrons. The molecule has 0 saturated heterocycles. The third-order valence-corrected chi connectivity index (χ3v) is 4.01. The Bertz CT molecular complexity index is 644. The molecular formula is C13H11Cl2N3OS. The summed E-state index contributed by atoms with van der Waals surface area (Å²) in [6, 6.07) is 6.47. The number of ketones is 1. The van der Waals surface area contributed by atoms with Crippen molar-refractivity contribution in [2.24, 2.45) is 0 Å². The Morgan fingerprint density at radius 3 is 2.65 bits per heavy atom. The monoisotopic (exact) mass is 327 g/mol. The SMILES string of the molecule is Cc1cc(N)nc(SCC(=O)c2ccc(Cl)c(Cl)c2)n1. The lowest BCUT2D eigenvalue weighted by Gasteiger charge is -2.04. The van der Waals surface area contributed by atoms with Crippen LogP contribution in [-0.4, -0.2) is 21.5 Å². The van der Waals surface area contributed by atoms with Gasteiger partial charge in [0.25, 0.3) is 0 Å². The molecule has 0 aliphatic heterocycles. The van der Waals surface area contributed by atoms with Crippen LogP contribution < -0.4 is 5.73 Å². The van der Waals surface area contributed by atoms with Crippen LogP contribution in [0.25, 0.3) is 0 Å². The lowest BCUT2D eigenvalue weighted by molar-refractivity contribution is 0.102. The molecule has 0 fully saturated rings. The maximum atomic E-state index is 12.0. The molecule has 0 bridgehead atoms. The molecule has 0 atom stereocenters. The first-order valence-corrected chi connectivity index (χ1v) is 7.42. The standard InChI is InChI=1S/C13H11Cl2N3OS/c1-7-4-12(16)18-13(17-7)20-6-11(19)8-2-3-9(14)10(15)5-8/h2-5H,6H2,1H3,(H2,16,17,18). The van der Waals surface area contributed by atoms with E-state index in [0.717, 1.165) is 5.69 Å². The maximum absolute atomic E-state index is 12.0. The minimum atomic E-state index is -0.0720. The average Bonchev–Trinajstić information content (AvgIpc) is 2.38. The maximum Gasteiger partial charge on any atom is 0.190 e. The molecule has 0 aliphatic carbocycles. The number of halogens is 2. The normalized spacial score (nSPS) is 10.6. The van der Waals surface area contributed by atoms with Crippen molar-refractivity contribution in [2.45, 2.75) is 12.1 Å². The smallest absolute Gasteiger partial charge is 0.190 e. The molecule has 0 aliphatic rings. The quantitative estimate of drug-likeness (QED) is 0.527. The molecule has 0 amide bonds. The number of aromatic nitrogens is 2. The Morgan fingerprint density at radius 2 is 2.00 bits per heavy atom. The highest BCUT2D eigenvalue weighted by atomic mass is 35.5. The number of thioether (sulfide) groups is 1. The fourth-order valence-corrected chi connectivity index (χ4v) is 2.62. The number of hydrogen-bond donors (Lipinski definition) is 1. The summed E-state index contributed by atoms with van der Waals surface area (Å²) in [6.07, 6.45) is 0. The molecule has 1 heterocycles. The van der Waals surface area contributed by atoms with E-state index in [1.54, 1.807) is 24.3 Å². The third-order valence-electron chi connectivity index (χ3n) is 2.43. The van der Waals surface area contributed by atoms with E-state index in [1.165, 1.54) is 11.8 Å². The topological polar surface area (TPSA) is 68.9 Å². The fraction of sp³-hybridized carbons (Fsp3) is 0.154. The zero-order chi connectivity index (χ0) is 14.7. The Morgan fingerprint density at radius 1 is 1.25 bits per heavy atom. The lowest BCUT2D eigenvalue weighted by atomic mass is 10.1. The Kier molecular flexibility index (Phi) is 4.86. The van der Waals surface area contributed by atoms with Crippen molar-refractivity contribution in [2.75, 3.05) is 11.5 Å². The Hall–Kier alpha value is -1.30. The Balaban J connectivity index is 2.06. The molecule has 2 aromatic rings. The molecule has 0 saturated carbocycles. The zero-order valence-electron chi connectivity index (χ0n) is 10.6. The summed E-state index contributed by atoms with van der Waals surface area (Å²) >= 11 is 12.9. The first-order valence-electron chi connectivity index (χ1n) is 5.68. The molecule has 104 valence electrons. The van der Waals surface area contributed by atoms with Gasteiger partial charge in [0.1, 0.15) is 5.82 Å². The summed E-state index contributed by atoms with van der Waals surface area (Å²) < 4.78 is 0. The number of carbonyl (C=O) groups is 1. The molecule has 0 unspecified atom stereocenters. The van der Waals surface area contributed by atoms with E-state index in [0.29, 0.717) is 26.6 Å². The molecule has 20 heavy (non-hydrogen) atoms. The number of anilines is 1. The highest BCUT2D eigenvalue weighted by Crippen LogP contribution is 2.24. The minimum absolute atomic E-state index is 0.0720. The van der Waals surface area contributed by atoms with Crippen LogP contribution in [0.1, 0.15) is 16.1 Å². The first-order chi connectivity index (χ1) is 9.45. The van der Waals surface area contributed by atoms with Crippen molar-refractivity contribution < 1.29 is 4.79 Å². The second-order valence-electron chi connectivity index (χ2n) is 4.06. The van der Waals surface area contributed by atoms with Crippen LogP contribution in [0.5, 0.6) is 0 Å². The second kappa shape index (κ2) is 6.43. The van der Waals surface area contributed by atoms with Crippen molar-refractivity contribution in [1.29, 1.82) is 0 Å². The number of nitrogens with zero attached hydrogens (tertiary/aromatic N) is 2. The zero-order valence-corrected chi connectivity index (χ0v) is 12.9. The van der Waals surface area contributed by atoms with E-state index in [-0.39, 0.29) is 11.5 Å². The number of Topliss-reactive ketones (excluding diaryl/α,β-unsaturated/α-hetero) is 1. The van der Waals surface area contributed by atoms with Crippen LogP contribution in [-0.2, 0) is 0 Å². The highest BCUT2D eigenvalue weighted by Gasteiger charge is 2.10. The van der Waals surface area contributed by atoms with Gasteiger partial charge >= 0.3 is 0 Å². The van der Waals surface area contributed by atoms with E-state index in [2.05, 4.69) is 9.97 Å². The van der Waals surface area contributed by atoms with Gasteiger partial charge in [0.15, 0.2) is 10.9 Å².